The summed E-state index contributed by atoms with van der Waals surface area (Å²) in [5.74, 6) is -0.207. The van der Waals surface area contributed by atoms with Gasteiger partial charge in [0.1, 0.15) is 6.04 Å². The molecule has 2 fully saturated rings. The van der Waals surface area contributed by atoms with Crippen LogP contribution < -0.4 is 5.32 Å². The van der Waals surface area contributed by atoms with E-state index in [4.69, 9.17) is 4.74 Å². The van der Waals surface area contributed by atoms with Crippen LogP contribution in [-0.4, -0.2) is 48.4 Å². The lowest BCUT2D eigenvalue weighted by Gasteiger charge is -2.23. The van der Waals surface area contributed by atoms with E-state index in [9.17, 15) is 14.4 Å². The predicted molar refractivity (Wildman–Crippen MR) is 71.7 cm³/mol. The van der Waals surface area contributed by atoms with Crippen molar-refractivity contribution in [2.75, 3.05) is 19.7 Å². The van der Waals surface area contributed by atoms with Crippen LogP contribution in [0.4, 0.5) is 0 Å². The predicted octanol–water partition coefficient (Wildman–Crippen LogP) is 0.457. The Balaban J connectivity index is 1.76. The van der Waals surface area contributed by atoms with Crippen LogP contribution in [-0.2, 0) is 19.1 Å². The normalized spacial score (nSPS) is 21.6. The van der Waals surface area contributed by atoms with Gasteiger partial charge in [0.15, 0.2) is 0 Å². The Kier molecular flexibility index (Phi) is 4.98. The molecule has 0 aromatic carbocycles. The second kappa shape index (κ2) is 6.72. The summed E-state index contributed by atoms with van der Waals surface area (Å²) < 4.78 is 4.79. The lowest BCUT2D eigenvalue weighted by Crippen LogP contribution is -2.46. The number of hydrogen-bond donors (Lipinski definition) is 1. The van der Waals surface area contributed by atoms with Crippen LogP contribution in [0.5, 0.6) is 0 Å². The van der Waals surface area contributed by atoms with Gasteiger partial charge in [0, 0.05) is 19.0 Å². The number of likely N-dealkylation sites (tertiary alicyclic amines) is 1. The molecule has 2 amide bonds. The van der Waals surface area contributed by atoms with E-state index in [1.165, 1.54) is 0 Å². The first-order valence-electron chi connectivity index (χ1n) is 7.37. The van der Waals surface area contributed by atoms with E-state index in [0.29, 0.717) is 19.6 Å². The first-order chi connectivity index (χ1) is 9.63. The zero-order valence-electron chi connectivity index (χ0n) is 11.9. The van der Waals surface area contributed by atoms with Gasteiger partial charge in [-0.25, -0.2) is 0 Å². The van der Waals surface area contributed by atoms with Crippen LogP contribution in [0.2, 0.25) is 0 Å². The first-order valence-corrected chi connectivity index (χ1v) is 7.37. The van der Waals surface area contributed by atoms with Gasteiger partial charge in [0.05, 0.1) is 13.0 Å². The molecular weight excluding hydrogens is 260 g/mol. The SMILES string of the molecule is CCOC(=O)CCNC(=O)C1CCCN1C(=O)C1CC1. The molecule has 0 bridgehead atoms. The lowest BCUT2D eigenvalue weighted by molar-refractivity contribution is -0.143. The molecule has 2 aliphatic rings. The summed E-state index contributed by atoms with van der Waals surface area (Å²) >= 11 is 0. The largest absolute Gasteiger partial charge is 0.466 e. The van der Waals surface area contributed by atoms with Gasteiger partial charge >= 0.3 is 5.97 Å². The third-order valence-corrected chi connectivity index (χ3v) is 3.70. The van der Waals surface area contributed by atoms with Gasteiger partial charge in [-0.3, -0.25) is 14.4 Å². The van der Waals surface area contributed by atoms with Crippen LogP contribution >= 0.6 is 0 Å². The zero-order chi connectivity index (χ0) is 14.5. The molecule has 20 heavy (non-hydrogen) atoms. The van der Waals surface area contributed by atoms with Gasteiger partial charge in [-0.1, -0.05) is 0 Å². The minimum atomic E-state index is -0.356. The molecule has 0 spiro atoms. The number of rotatable bonds is 6. The summed E-state index contributed by atoms with van der Waals surface area (Å²) in [6, 6.07) is -0.356. The Labute approximate surface area is 118 Å². The fourth-order valence-electron chi connectivity index (χ4n) is 2.51. The number of carbonyl (C=O) groups excluding carboxylic acids is 3. The molecule has 1 saturated carbocycles. The number of ether oxygens (including phenoxy) is 1. The van der Waals surface area contributed by atoms with E-state index in [1.54, 1.807) is 11.8 Å². The summed E-state index contributed by atoms with van der Waals surface area (Å²) in [7, 11) is 0. The van der Waals surface area contributed by atoms with Crippen molar-refractivity contribution in [2.24, 2.45) is 5.92 Å². The summed E-state index contributed by atoms with van der Waals surface area (Å²) in [6.07, 6.45) is 3.65. The molecule has 1 unspecified atom stereocenters. The van der Waals surface area contributed by atoms with E-state index >= 15 is 0 Å². The maximum atomic E-state index is 12.1. The number of amides is 2. The minimum Gasteiger partial charge on any atom is -0.466 e. The van der Waals surface area contributed by atoms with Gasteiger partial charge in [0.2, 0.25) is 11.8 Å². The molecule has 0 radical (unpaired) electrons. The molecule has 6 heteroatoms. The van der Waals surface area contributed by atoms with Crippen LogP contribution in [0.1, 0.15) is 39.0 Å². The first kappa shape index (κ1) is 14.8. The Bertz CT molecular complexity index is 393. The van der Waals surface area contributed by atoms with Crippen molar-refractivity contribution < 1.29 is 19.1 Å². The highest BCUT2D eigenvalue weighted by molar-refractivity contribution is 5.90. The maximum absolute atomic E-state index is 12.1. The number of carbonyl (C=O) groups is 3. The van der Waals surface area contributed by atoms with Crippen molar-refractivity contribution in [2.45, 2.75) is 45.1 Å². The summed E-state index contributed by atoms with van der Waals surface area (Å²) in [4.78, 5) is 37.0. The highest BCUT2D eigenvalue weighted by atomic mass is 16.5. The Morgan fingerprint density at radius 3 is 2.65 bits per heavy atom. The molecule has 1 aliphatic carbocycles. The highest BCUT2D eigenvalue weighted by Gasteiger charge is 2.40. The quantitative estimate of drug-likeness (QED) is 0.718. The summed E-state index contributed by atoms with van der Waals surface area (Å²) in [5.41, 5.74) is 0. The van der Waals surface area contributed by atoms with Crippen molar-refractivity contribution >= 4 is 17.8 Å². The molecule has 1 aliphatic heterocycles. The molecule has 1 heterocycles. The molecule has 112 valence electrons. The average Bonchev–Trinajstić information content (AvgIpc) is 3.15. The van der Waals surface area contributed by atoms with Crippen LogP contribution in [0, 0.1) is 5.92 Å². The second-order valence-corrected chi connectivity index (χ2v) is 5.31. The zero-order valence-corrected chi connectivity index (χ0v) is 11.9. The smallest absolute Gasteiger partial charge is 0.307 e. The van der Waals surface area contributed by atoms with Crippen molar-refractivity contribution in [3.05, 3.63) is 0 Å². The van der Waals surface area contributed by atoms with E-state index in [-0.39, 0.29) is 42.7 Å². The standard InChI is InChI=1S/C14H22N2O4/c1-2-20-12(17)7-8-15-13(18)11-4-3-9-16(11)14(19)10-5-6-10/h10-11H,2-9H2,1H3,(H,15,18). The third kappa shape index (κ3) is 3.71. The van der Waals surface area contributed by atoms with Crippen molar-refractivity contribution in [1.29, 1.82) is 0 Å². The van der Waals surface area contributed by atoms with Gasteiger partial charge in [-0.05, 0) is 32.6 Å². The average molecular weight is 282 g/mol. The fourth-order valence-corrected chi connectivity index (χ4v) is 2.51. The number of nitrogens with one attached hydrogen (secondary N) is 1. The molecule has 1 N–H and O–H groups in total. The fraction of sp³-hybridized carbons (Fsp3) is 0.786. The molecular formula is C14H22N2O4. The van der Waals surface area contributed by atoms with Crippen LogP contribution in [0.25, 0.3) is 0 Å². The van der Waals surface area contributed by atoms with Crippen molar-refractivity contribution in [1.82, 2.24) is 10.2 Å². The number of esters is 1. The third-order valence-electron chi connectivity index (χ3n) is 3.70. The maximum Gasteiger partial charge on any atom is 0.307 e. The van der Waals surface area contributed by atoms with Gasteiger partial charge < -0.3 is 15.0 Å². The molecule has 0 aromatic rings. The number of hydrogen-bond acceptors (Lipinski definition) is 4. The monoisotopic (exact) mass is 282 g/mol. The van der Waals surface area contributed by atoms with Gasteiger partial charge in [-0.15, -0.1) is 0 Å². The van der Waals surface area contributed by atoms with E-state index in [0.717, 1.165) is 19.3 Å². The molecule has 2 rings (SSSR count). The molecule has 1 atom stereocenters. The topological polar surface area (TPSA) is 75.7 Å². The van der Waals surface area contributed by atoms with Gasteiger partial charge in [-0.2, -0.15) is 0 Å². The van der Waals surface area contributed by atoms with Crippen molar-refractivity contribution in [3.8, 4) is 0 Å². The minimum absolute atomic E-state index is 0.119. The Morgan fingerprint density at radius 2 is 2.00 bits per heavy atom. The molecule has 1 saturated heterocycles. The highest BCUT2D eigenvalue weighted by Crippen LogP contribution is 2.33. The number of nitrogens with zero attached hydrogens (tertiary/aromatic N) is 1. The summed E-state index contributed by atoms with van der Waals surface area (Å²) in [6.45, 7) is 3.03. The van der Waals surface area contributed by atoms with E-state index in [1.807, 2.05) is 0 Å². The van der Waals surface area contributed by atoms with Crippen LogP contribution in [0.15, 0.2) is 0 Å². The molecule has 6 nitrogen and oxygen atoms in total. The van der Waals surface area contributed by atoms with Crippen molar-refractivity contribution in [3.63, 3.8) is 0 Å². The van der Waals surface area contributed by atoms with E-state index in [2.05, 4.69) is 5.32 Å². The van der Waals surface area contributed by atoms with Gasteiger partial charge in [0.25, 0.3) is 0 Å². The Hall–Kier alpha value is -1.59. The second-order valence-electron chi connectivity index (χ2n) is 5.31. The lowest BCUT2D eigenvalue weighted by atomic mass is 10.2. The summed E-state index contributed by atoms with van der Waals surface area (Å²) in [5, 5.41) is 2.72. The van der Waals surface area contributed by atoms with Crippen LogP contribution in [0.3, 0.4) is 0 Å². The van der Waals surface area contributed by atoms with E-state index < -0.39 is 0 Å². The Morgan fingerprint density at radius 1 is 1.25 bits per heavy atom. The molecule has 0 aromatic heterocycles.